The van der Waals surface area contributed by atoms with Crippen LogP contribution >= 0.6 is 0 Å². The maximum Gasteiger partial charge on any atom is 0.410 e. The van der Waals surface area contributed by atoms with Crippen LogP contribution in [0.4, 0.5) is 35.3 Å². The third kappa shape index (κ3) is 19.1. The van der Waals surface area contributed by atoms with E-state index in [-0.39, 0.29) is 54.3 Å². The number of aliphatic imine (C=N–C) groups is 2. The van der Waals surface area contributed by atoms with Crippen LogP contribution < -0.4 is 33.6 Å². The number of ether oxygens (including phenoxy) is 2. The first-order valence-electron chi connectivity index (χ1n) is 26.2. The quantitative estimate of drug-likeness (QED) is 0.0687. The van der Waals surface area contributed by atoms with Gasteiger partial charge in [-0.2, -0.15) is 0 Å². The number of nitrogens with one attached hydrogen (secondary N) is 2. The van der Waals surface area contributed by atoms with Crippen molar-refractivity contribution in [1.29, 1.82) is 0 Å². The highest BCUT2D eigenvalue weighted by molar-refractivity contribution is 5.80. The molecule has 76 heavy (non-hydrogen) atoms. The normalized spacial score (nSPS) is 17.9. The molecular weight excluding hydrogens is 981 g/mol. The standard InChI is InChI=1S/C36H52N12O6.C15H24N4O3/c37-31(38)43-27-11-7-25(8-12-27)23-41-33(49)45-15-19-47(20-16-45)35(51)53-29-3-1-4-30(6-2-5-29)54-36(52)48-21-17-46(18-22-48)34(50)42-24-26-9-13-28(14-10-26)44-32(39)40;1-13-11-17(12-16-13)6-4-2-3-5-14(20)18-7-9-19(10-8-18)15(21)22/h7-14,29-30H,1-6,15-24H2,(H,41,49)(H,42,50)(H4,37,38,43)(H4,39,40,44);11-12H,2-10H2,1H3,(H,21,22). The van der Waals surface area contributed by atoms with Crippen molar-refractivity contribution >= 4 is 59.5 Å². The fourth-order valence-electron chi connectivity index (χ4n) is 9.19. The van der Waals surface area contributed by atoms with Crippen molar-refractivity contribution in [2.75, 3.05) is 78.5 Å². The third-order valence-corrected chi connectivity index (χ3v) is 13.5. The number of hydrogen-bond donors (Lipinski definition) is 7. The van der Waals surface area contributed by atoms with Crippen LogP contribution in [0, 0.1) is 6.92 Å². The maximum atomic E-state index is 13.0. The number of carbonyl (C=O) groups excluding carboxylic acids is 5. The van der Waals surface area contributed by atoms with Crippen molar-refractivity contribution in [3.05, 3.63) is 77.9 Å². The van der Waals surface area contributed by atoms with Crippen LogP contribution in [-0.2, 0) is 33.9 Å². The summed E-state index contributed by atoms with van der Waals surface area (Å²) in [7, 11) is 0. The molecule has 3 saturated heterocycles. The average molecular weight is 1060 g/mol. The van der Waals surface area contributed by atoms with Gasteiger partial charge in [0.1, 0.15) is 12.2 Å². The molecule has 25 heteroatoms. The molecule has 414 valence electrons. The van der Waals surface area contributed by atoms with E-state index in [0.29, 0.717) is 135 Å². The highest BCUT2D eigenvalue weighted by atomic mass is 16.6. The van der Waals surface area contributed by atoms with E-state index in [1.807, 2.05) is 43.7 Å². The fraction of sp³-hybridized carbons (Fsp3) is 0.549. The number of amides is 8. The molecule has 0 radical (unpaired) electrons. The second-order valence-electron chi connectivity index (χ2n) is 19.3. The van der Waals surface area contributed by atoms with Gasteiger partial charge in [0.15, 0.2) is 11.9 Å². The molecule has 1 saturated carbocycles. The van der Waals surface area contributed by atoms with E-state index in [1.54, 1.807) is 48.8 Å². The first kappa shape index (κ1) is 57.3. The van der Waals surface area contributed by atoms with E-state index >= 15 is 0 Å². The predicted octanol–water partition coefficient (Wildman–Crippen LogP) is 3.79. The van der Waals surface area contributed by atoms with Gasteiger partial charge in [-0.05, 0) is 93.7 Å². The van der Waals surface area contributed by atoms with Crippen LogP contribution in [0.5, 0.6) is 0 Å². The van der Waals surface area contributed by atoms with Crippen LogP contribution in [0.15, 0.2) is 71.0 Å². The molecule has 7 rings (SSSR count). The molecule has 11 N–H and O–H groups in total. The van der Waals surface area contributed by atoms with Gasteiger partial charge in [-0.15, -0.1) is 0 Å². The number of imidazole rings is 1. The Labute approximate surface area is 443 Å². The van der Waals surface area contributed by atoms with E-state index in [0.717, 1.165) is 55.5 Å². The van der Waals surface area contributed by atoms with E-state index in [1.165, 1.54) is 4.90 Å². The minimum absolute atomic E-state index is 0.0195. The van der Waals surface area contributed by atoms with Crippen molar-refractivity contribution in [2.24, 2.45) is 32.9 Å². The summed E-state index contributed by atoms with van der Waals surface area (Å²) < 4.78 is 13.8. The number of carbonyl (C=O) groups is 6. The van der Waals surface area contributed by atoms with E-state index in [9.17, 15) is 28.8 Å². The maximum absolute atomic E-state index is 13.0. The molecule has 1 aliphatic carbocycles. The number of aryl methyl sites for hydroxylation is 2. The molecule has 4 aliphatic rings. The number of carboxylic acid groups (broad SMARTS) is 1. The molecule has 2 aromatic carbocycles. The summed E-state index contributed by atoms with van der Waals surface area (Å²) in [5, 5.41) is 14.7. The second-order valence-corrected chi connectivity index (χ2v) is 19.3. The Morgan fingerprint density at radius 2 is 0.987 bits per heavy atom. The Hall–Kier alpha value is -7.99. The zero-order chi connectivity index (χ0) is 54.4. The lowest BCUT2D eigenvalue weighted by Crippen LogP contribution is -2.53. The summed E-state index contributed by atoms with van der Waals surface area (Å²) >= 11 is 0. The smallest absolute Gasteiger partial charge is 0.410 e. The molecule has 1 aromatic heterocycles. The van der Waals surface area contributed by atoms with Crippen LogP contribution in [0.25, 0.3) is 0 Å². The van der Waals surface area contributed by atoms with Crippen LogP contribution in [-0.4, -0.2) is 183 Å². The van der Waals surface area contributed by atoms with Gasteiger partial charge in [0.25, 0.3) is 0 Å². The van der Waals surface area contributed by atoms with Gasteiger partial charge in [-0.1, -0.05) is 30.7 Å². The predicted molar refractivity (Wildman–Crippen MR) is 284 cm³/mol. The molecule has 3 aromatic rings. The average Bonchev–Trinajstić information content (AvgIpc) is 3.83. The minimum atomic E-state index is -0.901. The monoisotopic (exact) mass is 1060 g/mol. The Kier molecular flexibility index (Phi) is 22.0. The van der Waals surface area contributed by atoms with Gasteiger partial charge in [0.05, 0.1) is 23.4 Å². The zero-order valence-electron chi connectivity index (χ0n) is 43.6. The summed E-state index contributed by atoms with van der Waals surface area (Å²) in [6.45, 7) is 8.65. The van der Waals surface area contributed by atoms with Gasteiger partial charge in [-0.25, -0.2) is 38.9 Å². The number of guanidine groups is 2. The Morgan fingerprint density at radius 3 is 1.38 bits per heavy atom. The summed E-state index contributed by atoms with van der Waals surface area (Å²) in [5.74, 6) is 0.103. The van der Waals surface area contributed by atoms with Crippen molar-refractivity contribution < 1.29 is 43.3 Å². The molecule has 0 atom stereocenters. The molecule has 0 bridgehead atoms. The first-order valence-corrected chi connectivity index (χ1v) is 26.2. The molecule has 4 fully saturated rings. The molecule has 0 unspecified atom stereocenters. The summed E-state index contributed by atoms with van der Waals surface area (Å²) in [4.78, 5) is 96.2. The lowest BCUT2D eigenvalue weighted by atomic mass is 9.96. The SMILES string of the molecule is Cc1cn(CCCCCC(=O)N2CCN(C(=O)O)CC2)cn1.NC(N)=Nc1ccc(CNC(=O)N2CCN(C(=O)OC3CCCC(OC(=O)N4CCN(C(=O)NCc5ccc(N=C(N)N)cc5)CC4)CCC3)CC2)cc1. The molecule has 3 aliphatic heterocycles. The first-order chi connectivity index (χ1) is 36.6. The van der Waals surface area contributed by atoms with Gasteiger partial charge < -0.3 is 82.1 Å². The number of piperazine rings is 3. The van der Waals surface area contributed by atoms with Crippen LogP contribution in [0.1, 0.15) is 81.0 Å². The van der Waals surface area contributed by atoms with Crippen molar-refractivity contribution in [1.82, 2.24) is 49.6 Å². The lowest BCUT2D eigenvalue weighted by Gasteiger charge is -2.36. The number of nitrogens with two attached hydrogens (primary N) is 4. The largest absolute Gasteiger partial charge is 0.465 e. The Morgan fingerprint density at radius 1 is 0.579 bits per heavy atom. The zero-order valence-corrected chi connectivity index (χ0v) is 43.6. The van der Waals surface area contributed by atoms with Gasteiger partial charge in [0.2, 0.25) is 5.91 Å². The number of unbranched alkanes of at least 4 members (excludes halogenated alkanes) is 2. The Balaban J connectivity index is 0.000000354. The van der Waals surface area contributed by atoms with Gasteiger partial charge >= 0.3 is 30.3 Å². The summed E-state index contributed by atoms with van der Waals surface area (Å²) in [6.07, 6.45) is 9.53. The van der Waals surface area contributed by atoms with Crippen molar-refractivity contribution in [3.8, 4) is 0 Å². The van der Waals surface area contributed by atoms with E-state index in [4.69, 9.17) is 37.5 Å². The fourth-order valence-corrected chi connectivity index (χ4v) is 9.19. The minimum Gasteiger partial charge on any atom is -0.465 e. The summed E-state index contributed by atoms with van der Waals surface area (Å²) in [6, 6.07) is 14.1. The summed E-state index contributed by atoms with van der Waals surface area (Å²) in [5.41, 5.74) is 25.7. The highest BCUT2D eigenvalue weighted by Crippen LogP contribution is 2.24. The number of aromatic nitrogens is 2. The number of hydrogen-bond acceptors (Lipinski definition) is 11. The topological polar surface area (TPSA) is 331 Å². The molecular formula is C51H76N16O9. The van der Waals surface area contributed by atoms with Crippen LogP contribution in [0.2, 0.25) is 0 Å². The van der Waals surface area contributed by atoms with E-state index < -0.39 is 6.09 Å². The highest BCUT2D eigenvalue weighted by Gasteiger charge is 2.30. The molecule has 8 amide bonds. The Bertz CT molecular complexity index is 2290. The van der Waals surface area contributed by atoms with Gasteiger partial charge in [-0.3, -0.25) is 4.79 Å². The van der Waals surface area contributed by atoms with E-state index in [2.05, 4.69) is 30.2 Å². The molecule has 25 nitrogen and oxygen atoms in total. The number of benzene rings is 2. The third-order valence-electron chi connectivity index (χ3n) is 13.5. The number of nitrogens with zero attached hydrogens (tertiary/aromatic N) is 10. The molecule has 0 spiro atoms. The lowest BCUT2D eigenvalue weighted by molar-refractivity contribution is -0.132. The number of rotatable bonds is 14. The van der Waals surface area contributed by atoms with Crippen molar-refractivity contribution in [3.63, 3.8) is 0 Å². The molecule has 4 heterocycles. The number of urea groups is 2. The van der Waals surface area contributed by atoms with Crippen molar-refractivity contribution in [2.45, 2.75) is 103 Å². The van der Waals surface area contributed by atoms with Gasteiger partial charge in [0, 0.05) is 111 Å². The second kappa shape index (κ2) is 29.2. The van der Waals surface area contributed by atoms with Crippen LogP contribution in [0.3, 0.4) is 0 Å².